The second kappa shape index (κ2) is 8.41. The Kier molecular flexibility index (Phi) is 5.67. The summed E-state index contributed by atoms with van der Waals surface area (Å²) in [7, 11) is 0. The molecule has 1 saturated carbocycles. The first-order valence-electron chi connectivity index (χ1n) is 10.2. The molecule has 0 aliphatic heterocycles. The highest BCUT2D eigenvalue weighted by Crippen LogP contribution is 2.35. The molecule has 2 aromatic carbocycles. The van der Waals surface area contributed by atoms with Gasteiger partial charge in [0.15, 0.2) is 0 Å². The summed E-state index contributed by atoms with van der Waals surface area (Å²) in [5, 5.41) is 3.52. The number of aromatic nitrogens is 1. The average molecular weight is 425 g/mol. The number of nitrogens with two attached hydrogens (primary N) is 1. The molecule has 1 heterocycles. The standard InChI is InChI=1S/C24H22F3N3O/c25-24(26,27)17-8-5-15(6-9-17)7-12-23(31)29-18-10-11-21-19(13-18)20(28)14-22(30-21)16-3-1-2-4-16/h5-14,16H,1-4H2,(H2,28,30)(H,29,31)/b12-7+. The lowest BCUT2D eigenvalue weighted by Crippen LogP contribution is -2.08. The number of alkyl halides is 3. The predicted molar refractivity (Wildman–Crippen MR) is 116 cm³/mol. The van der Waals surface area contributed by atoms with Gasteiger partial charge in [-0.1, -0.05) is 25.0 Å². The van der Waals surface area contributed by atoms with Crippen molar-refractivity contribution in [1.29, 1.82) is 0 Å². The van der Waals surface area contributed by atoms with Crippen molar-refractivity contribution >= 4 is 34.3 Å². The van der Waals surface area contributed by atoms with Gasteiger partial charge in [-0.3, -0.25) is 9.78 Å². The number of hydrogen-bond donors (Lipinski definition) is 2. The summed E-state index contributed by atoms with van der Waals surface area (Å²) in [6.07, 6.45) is 3.06. The normalized spacial score (nSPS) is 15.1. The minimum absolute atomic E-state index is 0.395. The van der Waals surface area contributed by atoms with Gasteiger partial charge in [0.05, 0.1) is 11.1 Å². The molecule has 0 saturated heterocycles. The van der Waals surface area contributed by atoms with E-state index in [1.165, 1.54) is 37.1 Å². The van der Waals surface area contributed by atoms with Crippen LogP contribution in [0.5, 0.6) is 0 Å². The molecular weight excluding hydrogens is 403 g/mol. The van der Waals surface area contributed by atoms with E-state index in [4.69, 9.17) is 10.7 Å². The molecule has 0 bridgehead atoms. The Morgan fingerprint density at radius 1 is 1.06 bits per heavy atom. The number of nitrogens with one attached hydrogen (secondary N) is 1. The number of amides is 1. The lowest BCUT2D eigenvalue weighted by atomic mass is 10.0. The number of fused-ring (bicyclic) bond motifs is 1. The monoisotopic (exact) mass is 425 g/mol. The smallest absolute Gasteiger partial charge is 0.398 e. The molecule has 1 fully saturated rings. The highest BCUT2D eigenvalue weighted by molar-refractivity contribution is 6.03. The van der Waals surface area contributed by atoms with Gasteiger partial charge in [0.2, 0.25) is 5.91 Å². The Morgan fingerprint density at radius 3 is 2.45 bits per heavy atom. The molecule has 1 aliphatic rings. The predicted octanol–water partition coefficient (Wildman–Crippen LogP) is 6.15. The lowest BCUT2D eigenvalue weighted by Gasteiger charge is -2.12. The zero-order valence-corrected chi connectivity index (χ0v) is 16.7. The summed E-state index contributed by atoms with van der Waals surface area (Å²) in [4.78, 5) is 17.0. The second-order valence-corrected chi connectivity index (χ2v) is 7.79. The summed E-state index contributed by atoms with van der Waals surface area (Å²) >= 11 is 0. The van der Waals surface area contributed by atoms with Crippen LogP contribution in [0.2, 0.25) is 0 Å². The van der Waals surface area contributed by atoms with Gasteiger partial charge in [0, 0.05) is 34.4 Å². The Morgan fingerprint density at radius 2 is 1.77 bits per heavy atom. The van der Waals surface area contributed by atoms with E-state index in [9.17, 15) is 18.0 Å². The van der Waals surface area contributed by atoms with E-state index in [1.54, 1.807) is 12.1 Å². The van der Waals surface area contributed by atoms with Gasteiger partial charge < -0.3 is 11.1 Å². The van der Waals surface area contributed by atoms with Crippen molar-refractivity contribution in [1.82, 2.24) is 4.98 Å². The molecule has 1 aliphatic carbocycles. The molecule has 0 atom stereocenters. The van der Waals surface area contributed by atoms with E-state index >= 15 is 0 Å². The van der Waals surface area contributed by atoms with E-state index in [0.29, 0.717) is 22.9 Å². The summed E-state index contributed by atoms with van der Waals surface area (Å²) in [6, 6.07) is 11.9. The molecule has 0 unspecified atom stereocenters. The lowest BCUT2D eigenvalue weighted by molar-refractivity contribution is -0.137. The van der Waals surface area contributed by atoms with Crippen LogP contribution in [0.15, 0.2) is 54.6 Å². The summed E-state index contributed by atoms with van der Waals surface area (Å²) < 4.78 is 37.9. The number of carbonyl (C=O) groups is 1. The fraction of sp³-hybridized carbons (Fsp3) is 0.250. The first kappa shape index (κ1) is 20.9. The molecule has 1 amide bonds. The van der Waals surface area contributed by atoms with Crippen LogP contribution in [-0.4, -0.2) is 10.9 Å². The third kappa shape index (κ3) is 4.87. The molecule has 0 spiro atoms. The molecule has 1 aromatic heterocycles. The van der Waals surface area contributed by atoms with Crippen molar-refractivity contribution in [2.45, 2.75) is 37.8 Å². The van der Waals surface area contributed by atoms with E-state index in [-0.39, 0.29) is 0 Å². The number of anilines is 2. The quantitative estimate of drug-likeness (QED) is 0.493. The number of nitrogens with zero attached hydrogens (tertiary/aromatic N) is 1. The number of benzene rings is 2. The first-order valence-corrected chi connectivity index (χ1v) is 10.2. The maximum absolute atomic E-state index is 12.6. The van der Waals surface area contributed by atoms with Crippen LogP contribution in [0.3, 0.4) is 0 Å². The Bertz CT molecular complexity index is 1130. The molecule has 3 aromatic rings. The van der Waals surface area contributed by atoms with Gasteiger partial charge in [0.1, 0.15) is 0 Å². The fourth-order valence-electron chi connectivity index (χ4n) is 3.92. The highest BCUT2D eigenvalue weighted by Gasteiger charge is 2.29. The Labute approximate surface area is 178 Å². The van der Waals surface area contributed by atoms with E-state index in [2.05, 4.69) is 5.32 Å². The number of nitrogen functional groups attached to an aromatic ring is 1. The number of halogens is 3. The van der Waals surface area contributed by atoms with Crippen molar-refractivity contribution < 1.29 is 18.0 Å². The van der Waals surface area contributed by atoms with Crippen LogP contribution in [0.25, 0.3) is 17.0 Å². The zero-order chi connectivity index (χ0) is 22.0. The van der Waals surface area contributed by atoms with E-state index < -0.39 is 17.6 Å². The summed E-state index contributed by atoms with van der Waals surface area (Å²) in [5.41, 5.74) is 9.03. The van der Waals surface area contributed by atoms with Crippen LogP contribution in [-0.2, 0) is 11.0 Å². The highest BCUT2D eigenvalue weighted by atomic mass is 19.4. The Balaban J connectivity index is 1.46. The van der Waals surface area contributed by atoms with Gasteiger partial charge in [-0.2, -0.15) is 13.2 Å². The number of rotatable bonds is 4. The molecule has 4 nitrogen and oxygen atoms in total. The summed E-state index contributed by atoms with van der Waals surface area (Å²) in [5.74, 6) is 0.0646. The van der Waals surface area contributed by atoms with Crippen molar-refractivity contribution in [3.05, 3.63) is 71.4 Å². The molecule has 4 rings (SSSR count). The molecule has 31 heavy (non-hydrogen) atoms. The van der Waals surface area contributed by atoms with Crippen LogP contribution < -0.4 is 11.1 Å². The second-order valence-electron chi connectivity index (χ2n) is 7.79. The number of hydrogen-bond acceptors (Lipinski definition) is 3. The van der Waals surface area contributed by atoms with Gasteiger partial charge in [-0.15, -0.1) is 0 Å². The summed E-state index contributed by atoms with van der Waals surface area (Å²) in [6.45, 7) is 0. The van der Waals surface area contributed by atoms with Crippen molar-refractivity contribution in [3.63, 3.8) is 0 Å². The first-order chi connectivity index (χ1) is 14.8. The van der Waals surface area contributed by atoms with E-state index in [1.807, 2.05) is 12.1 Å². The number of carbonyl (C=O) groups excluding carboxylic acids is 1. The molecular formula is C24H22F3N3O. The fourth-order valence-corrected chi connectivity index (χ4v) is 3.92. The van der Waals surface area contributed by atoms with Crippen molar-refractivity contribution in [2.75, 3.05) is 11.1 Å². The Hall–Kier alpha value is -3.35. The minimum atomic E-state index is -4.38. The van der Waals surface area contributed by atoms with Gasteiger partial charge in [-0.05, 0) is 60.9 Å². The van der Waals surface area contributed by atoms with Crippen molar-refractivity contribution in [3.8, 4) is 0 Å². The van der Waals surface area contributed by atoms with Crippen LogP contribution in [0, 0.1) is 0 Å². The van der Waals surface area contributed by atoms with Gasteiger partial charge in [0.25, 0.3) is 0 Å². The topological polar surface area (TPSA) is 68.0 Å². The van der Waals surface area contributed by atoms with Crippen LogP contribution in [0.4, 0.5) is 24.5 Å². The number of pyridine rings is 1. The SMILES string of the molecule is Nc1cc(C2CCCC2)nc2ccc(NC(=O)/C=C/c3ccc(C(F)(F)F)cc3)cc12. The van der Waals surface area contributed by atoms with Gasteiger partial charge >= 0.3 is 6.18 Å². The maximum atomic E-state index is 12.6. The zero-order valence-electron chi connectivity index (χ0n) is 16.7. The largest absolute Gasteiger partial charge is 0.416 e. The molecule has 3 N–H and O–H groups in total. The van der Waals surface area contributed by atoms with Gasteiger partial charge in [-0.25, -0.2) is 0 Å². The molecule has 160 valence electrons. The average Bonchev–Trinajstić information content (AvgIpc) is 3.27. The van der Waals surface area contributed by atoms with Crippen molar-refractivity contribution in [2.24, 2.45) is 0 Å². The molecule has 7 heteroatoms. The van der Waals surface area contributed by atoms with Crippen LogP contribution in [0.1, 0.15) is 48.4 Å². The van der Waals surface area contributed by atoms with E-state index in [0.717, 1.165) is 41.6 Å². The maximum Gasteiger partial charge on any atom is 0.416 e. The third-order valence-electron chi connectivity index (χ3n) is 5.57. The van der Waals surface area contributed by atoms with Crippen LogP contribution >= 0.6 is 0 Å². The third-order valence-corrected chi connectivity index (χ3v) is 5.57. The molecule has 0 radical (unpaired) electrons. The minimum Gasteiger partial charge on any atom is -0.398 e.